The van der Waals surface area contributed by atoms with Gasteiger partial charge in [-0.1, -0.05) is 60.7 Å². The molecule has 3 aromatic rings. The first kappa shape index (κ1) is 22.3. The molecule has 1 atom stereocenters. The van der Waals surface area contributed by atoms with Gasteiger partial charge in [0.25, 0.3) is 5.92 Å². The molecule has 5 nitrogen and oxygen atoms in total. The van der Waals surface area contributed by atoms with E-state index in [-0.39, 0.29) is 18.6 Å². The standard InChI is InChI=1S/C26H21F2N3O2/c27-26(28)16-25(17-29,20-9-5-2-6-10-20)31(18-26)24(33)12-11-23(32)21-13-14-30-15-22(21)19-7-3-1-4-8-19/h1-10,13-15H,11-12,16,18H2/t25-/m0/s1. The summed E-state index contributed by atoms with van der Waals surface area (Å²) < 4.78 is 28.8. The Labute approximate surface area is 190 Å². The maximum atomic E-state index is 14.4. The molecule has 4 rings (SSSR count). The Morgan fingerprint density at radius 3 is 2.33 bits per heavy atom. The van der Waals surface area contributed by atoms with Crippen LogP contribution < -0.4 is 0 Å². The molecule has 0 N–H and O–H groups in total. The Hall–Kier alpha value is -3.92. The van der Waals surface area contributed by atoms with Crippen molar-refractivity contribution in [1.29, 1.82) is 5.26 Å². The highest BCUT2D eigenvalue weighted by molar-refractivity contribution is 6.03. The van der Waals surface area contributed by atoms with Crippen LogP contribution in [0.1, 0.15) is 35.2 Å². The number of carbonyl (C=O) groups is 2. The summed E-state index contributed by atoms with van der Waals surface area (Å²) in [4.78, 5) is 31.0. The third-order valence-electron chi connectivity index (χ3n) is 5.87. The van der Waals surface area contributed by atoms with E-state index in [1.165, 1.54) is 6.20 Å². The lowest BCUT2D eigenvalue weighted by atomic mass is 9.87. The number of hydrogen-bond donors (Lipinski definition) is 0. The predicted molar refractivity (Wildman–Crippen MR) is 118 cm³/mol. The first-order chi connectivity index (χ1) is 15.9. The zero-order chi connectivity index (χ0) is 23.5. The van der Waals surface area contributed by atoms with Gasteiger partial charge in [-0.15, -0.1) is 0 Å². The fourth-order valence-electron chi connectivity index (χ4n) is 4.30. The van der Waals surface area contributed by atoms with Gasteiger partial charge in [0.2, 0.25) is 5.91 Å². The number of amides is 1. The number of nitrogens with zero attached hydrogens (tertiary/aromatic N) is 3. The minimum atomic E-state index is -3.20. The van der Waals surface area contributed by atoms with Crippen molar-refractivity contribution in [3.8, 4) is 17.2 Å². The number of pyridine rings is 1. The quantitative estimate of drug-likeness (QED) is 0.501. The van der Waals surface area contributed by atoms with Crippen LogP contribution in [0.5, 0.6) is 0 Å². The molecule has 0 saturated carbocycles. The van der Waals surface area contributed by atoms with Crippen LogP contribution in [0.15, 0.2) is 79.1 Å². The average molecular weight is 445 g/mol. The van der Waals surface area contributed by atoms with Crippen LogP contribution in [-0.2, 0) is 10.3 Å². The minimum absolute atomic E-state index is 0.166. The number of carbonyl (C=O) groups excluding carboxylic acids is 2. The molecule has 1 saturated heterocycles. The molecule has 1 aromatic heterocycles. The number of aromatic nitrogens is 1. The van der Waals surface area contributed by atoms with Crippen molar-refractivity contribution < 1.29 is 18.4 Å². The van der Waals surface area contributed by atoms with E-state index in [0.717, 1.165) is 10.5 Å². The second-order valence-electron chi connectivity index (χ2n) is 8.06. The molecule has 1 aliphatic heterocycles. The van der Waals surface area contributed by atoms with E-state index >= 15 is 0 Å². The normalized spacial score (nSPS) is 19.1. The Balaban J connectivity index is 1.56. The van der Waals surface area contributed by atoms with Gasteiger partial charge in [-0.3, -0.25) is 14.6 Å². The predicted octanol–water partition coefficient (Wildman–Crippen LogP) is 5.00. The van der Waals surface area contributed by atoms with E-state index in [4.69, 9.17) is 0 Å². The molecule has 1 fully saturated rings. The van der Waals surface area contributed by atoms with Crippen molar-refractivity contribution in [2.75, 3.05) is 6.54 Å². The van der Waals surface area contributed by atoms with E-state index in [9.17, 15) is 23.6 Å². The molecule has 2 heterocycles. The fourth-order valence-corrected chi connectivity index (χ4v) is 4.30. The number of benzene rings is 2. The number of alkyl halides is 2. The summed E-state index contributed by atoms with van der Waals surface area (Å²) in [5.74, 6) is -4.14. The van der Waals surface area contributed by atoms with Gasteiger partial charge in [0.05, 0.1) is 19.0 Å². The molecule has 0 aliphatic carbocycles. The monoisotopic (exact) mass is 445 g/mol. The average Bonchev–Trinajstić information content (AvgIpc) is 3.15. The van der Waals surface area contributed by atoms with Crippen LogP contribution in [0.3, 0.4) is 0 Å². The highest BCUT2D eigenvalue weighted by Gasteiger charge is 2.57. The highest BCUT2D eigenvalue weighted by Crippen LogP contribution is 2.46. The molecule has 0 unspecified atom stereocenters. The van der Waals surface area contributed by atoms with Gasteiger partial charge in [-0.2, -0.15) is 5.26 Å². The second kappa shape index (κ2) is 8.91. The first-order valence-corrected chi connectivity index (χ1v) is 10.5. The van der Waals surface area contributed by atoms with E-state index in [1.807, 2.05) is 36.4 Å². The van der Waals surface area contributed by atoms with Crippen LogP contribution in [0.2, 0.25) is 0 Å². The third-order valence-corrected chi connectivity index (χ3v) is 5.87. The van der Waals surface area contributed by atoms with Crippen molar-refractivity contribution in [1.82, 2.24) is 9.88 Å². The SMILES string of the molecule is N#C[C@]1(c2ccccc2)CC(F)(F)CN1C(=O)CCC(=O)c1ccncc1-c1ccccc1. The first-order valence-electron chi connectivity index (χ1n) is 10.5. The number of rotatable bonds is 6. The maximum absolute atomic E-state index is 14.4. The van der Waals surface area contributed by atoms with Crippen molar-refractivity contribution in [2.45, 2.75) is 30.7 Å². The van der Waals surface area contributed by atoms with Gasteiger partial charge in [-0.05, 0) is 17.2 Å². The summed E-state index contributed by atoms with van der Waals surface area (Å²) in [6.45, 7) is -0.854. The Morgan fingerprint density at radius 1 is 1.00 bits per heavy atom. The van der Waals surface area contributed by atoms with Crippen LogP contribution in [-0.4, -0.2) is 34.0 Å². The zero-order valence-electron chi connectivity index (χ0n) is 17.7. The van der Waals surface area contributed by atoms with E-state index in [1.54, 1.807) is 42.6 Å². The number of nitriles is 1. The van der Waals surface area contributed by atoms with Crippen molar-refractivity contribution >= 4 is 11.7 Å². The van der Waals surface area contributed by atoms with Gasteiger partial charge in [0, 0.05) is 36.4 Å². The van der Waals surface area contributed by atoms with Gasteiger partial charge in [0.1, 0.15) is 0 Å². The lowest BCUT2D eigenvalue weighted by Crippen LogP contribution is -2.44. The molecular weight excluding hydrogens is 424 g/mol. The summed E-state index contributed by atoms with van der Waals surface area (Å²) in [6, 6.07) is 20.9. The molecular formula is C26H21F2N3O2. The summed E-state index contributed by atoms with van der Waals surface area (Å²) in [7, 11) is 0. The van der Waals surface area contributed by atoms with E-state index in [0.29, 0.717) is 16.7 Å². The summed E-state index contributed by atoms with van der Waals surface area (Å²) in [6.07, 6.45) is 1.87. The van der Waals surface area contributed by atoms with Crippen LogP contribution >= 0.6 is 0 Å². The summed E-state index contributed by atoms with van der Waals surface area (Å²) >= 11 is 0. The molecule has 2 aromatic carbocycles. The molecule has 166 valence electrons. The third kappa shape index (κ3) is 4.37. The highest BCUT2D eigenvalue weighted by atomic mass is 19.3. The van der Waals surface area contributed by atoms with Gasteiger partial charge in [-0.25, -0.2) is 8.78 Å². The minimum Gasteiger partial charge on any atom is -0.314 e. The molecule has 0 radical (unpaired) electrons. The van der Waals surface area contributed by atoms with Gasteiger partial charge >= 0.3 is 0 Å². The Bertz CT molecular complexity index is 1210. The molecule has 33 heavy (non-hydrogen) atoms. The van der Waals surface area contributed by atoms with Crippen molar-refractivity contribution in [3.05, 3.63) is 90.3 Å². The maximum Gasteiger partial charge on any atom is 0.269 e. The molecule has 7 heteroatoms. The smallest absolute Gasteiger partial charge is 0.269 e. The number of likely N-dealkylation sites (tertiary alicyclic amines) is 1. The zero-order valence-corrected chi connectivity index (χ0v) is 17.7. The van der Waals surface area contributed by atoms with Crippen molar-refractivity contribution in [2.24, 2.45) is 0 Å². The Morgan fingerprint density at radius 2 is 1.67 bits per heavy atom. The molecule has 0 spiro atoms. The van der Waals surface area contributed by atoms with E-state index in [2.05, 4.69) is 4.98 Å². The number of Topliss-reactive ketones (excluding diaryl/α,β-unsaturated/α-hetero) is 1. The number of ketones is 1. The molecule has 1 aliphatic rings. The van der Waals surface area contributed by atoms with Crippen LogP contribution in [0, 0.1) is 11.3 Å². The van der Waals surface area contributed by atoms with Gasteiger partial charge in [0.15, 0.2) is 11.3 Å². The molecule has 0 bridgehead atoms. The van der Waals surface area contributed by atoms with Crippen LogP contribution in [0.25, 0.3) is 11.1 Å². The van der Waals surface area contributed by atoms with E-state index < -0.39 is 30.3 Å². The lowest BCUT2D eigenvalue weighted by molar-refractivity contribution is -0.135. The van der Waals surface area contributed by atoms with Gasteiger partial charge < -0.3 is 4.90 Å². The second-order valence-corrected chi connectivity index (χ2v) is 8.06. The Kier molecular flexibility index (Phi) is 6.01. The lowest BCUT2D eigenvalue weighted by Gasteiger charge is -2.32. The topological polar surface area (TPSA) is 74.1 Å². The summed E-state index contributed by atoms with van der Waals surface area (Å²) in [5, 5.41) is 9.89. The van der Waals surface area contributed by atoms with Crippen molar-refractivity contribution in [3.63, 3.8) is 0 Å². The number of halogens is 2. The largest absolute Gasteiger partial charge is 0.314 e. The molecule has 1 amide bonds. The fraction of sp³-hybridized carbons (Fsp3) is 0.231. The number of hydrogen-bond acceptors (Lipinski definition) is 4. The van der Waals surface area contributed by atoms with Crippen LogP contribution in [0.4, 0.5) is 8.78 Å². The summed E-state index contributed by atoms with van der Waals surface area (Å²) in [5.41, 5.74) is 0.428.